The van der Waals surface area contributed by atoms with Crippen LogP contribution in [0.5, 0.6) is 0 Å². The van der Waals surface area contributed by atoms with Gasteiger partial charge in [-0.25, -0.2) is 4.98 Å². The van der Waals surface area contributed by atoms with Crippen LogP contribution in [-0.2, 0) is 6.42 Å². The summed E-state index contributed by atoms with van der Waals surface area (Å²) in [6.45, 7) is 0.752. The molecule has 1 aromatic heterocycles. The number of halogens is 2. The van der Waals surface area contributed by atoms with Crippen LogP contribution in [0.25, 0.3) is 11.3 Å². The van der Waals surface area contributed by atoms with Crippen molar-refractivity contribution in [1.29, 1.82) is 0 Å². The Hall–Kier alpha value is -1.03. The lowest BCUT2D eigenvalue weighted by Gasteiger charge is -2.02. The van der Waals surface area contributed by atoms with Crippen molar-refractivity contribution >= 4 is 23.2 Å². The number of imidazole rings is 1. The Balaban J connectivity index is 2.06. The van der Waals surface area contributed by atoms with Crippen molar-refractivity contribution in [3.8, 4) is 11.3 Å². The van der Waals surface area contributed by atoms with Gasteiger partial charge in [0, 0.05) is 17.0 Å². The molecule has 0 bridgehead atoms. The van der Waals surface area contributed by atoms with Crippen LogP contribution in [0.2, 0.25) is 10.0 Å². The molecule has 0 radical (unpaired) electrons. The maximum atomic E-state index is 6.17. The first-order chi connectivity index (χ1) is 9.20. The van der Waals surface area contributed by atoms with Gasteiger partial charge in [-0.15, -0.1) is 0 Å². The van der Waals surface area contributed by atoms with Gasteiger partial charge in [0.2, 0.25) is 0 Å². The quantitative estimate of drug-likeness (QED) is 0.790. The van der Waals surface area contributed by atoms with Crippen LogP contribution in [0, 0.1) is 0 Å². The van der Waals surface area contributed by atoms with Gasteiger partial charge in [0.15, 0.2) is 0 Å². The summed E-state index contributed by atoms with van der Waals surface area (Å²) >= 11 is 12.2. The Morgan fingerprint density at radius 1 is 1.16 bits per heavy atom. The number of rotatable bonds is 6. The third kappa shape index (κ3) is 3.96. The molecule has 19 heavy (non-hydrogen) atoms. The molecular formula is C14H17Cl2N3. The fraction of sp³-hybridized carbons (Fsp3) is 0.357. The van der Waals surface area contributed by atoms with Crippen LogP contribution < -0.4 is 5.73 Å². The van der Waals surface area contributed by atoms with E-state index in [1.54, 1.807) is 18.3 Å². The molecule has 0 fully saturated rings. The summed E-state index contributed by atoms with van der Waals surface area (Å²) in [4.78, 5) is 7.66. The van der Waals surface area contributed by atoms with Crippen LogP contribution >= 0.6 is 23.2 Å². The molecule has 0 aliphatic heterocycles. The number of nitrogens with one attached hydrogen (secondary N) is 1. The molecule has 0 aliphatic rings. The summed E-state index contributed by atoms with van der Waals surface area (Å²) in [5.74, 6) is 0.975. The largest absolute Gasteiger partial charge is 0.342 e. The summed E-state index contributed by atoms with van der Waals surface area (Å²) in [6.07, 6.45) is 6.01. The van der Waals surface area contributed by atoms with Gasteiger partial charge in [0.1, 0.15) is 5.82 Å². The number of hydrogen-bond acceptors (Lipinski definition) is 2. The molecule has 0 amide bonds. The molecule has 2 aromatic rings. The first kappa shape index (κ1) is 14.4. The monoisotopic (exact) mass is 297 g/mol. The summed E-state index contributed by atoms with van der Waals surface area (Å²) in [7, 11) is 0. The lowest BCUT2D eigenvalue weighted by atomic mass is 10.1. The van der Waals surface area contributed by atoms with Gasteiger partial charge in [0.25, 0.3) is 0 Å². The van der Waals surface area contributed by atoms with Gasteiger partial charge < -0.3 is 10.7 Å². The van der Waals surface area contributed by atoms with Crippen molar-refractivity contribution in [1.82, 2.24) is 9.97 Å². The SMILES string of the molecule is NCCCCCc1ncc(-c2cc(Cl)ccc2Cl)[nH]1. The highest BCUT2D eigenvalue weighted by atomic mass is 35.5. The highest BCUT2D eigenvalue weighted by Gasteiger charge is 2.08. The van der Waals surface area contributed by atoms with Crippen LogP contribution in [0.4, 0.5) is 0 Å². The van der Waals surface area contributed by atoms with Crippen molar-refractivity contribution in [2.24, 2.45) is 5.73 Å². The first-order valence-electron chi connectivity index (χ1n) is 6.40. The number of aromatic nitrogens is 2. The number of unbranched alkanes of at least 4 members (excludes halogenated alkanes) is 2. The van der Waals surface area contributed by atoms with E-state index in [-0.39, 0.29) is 0 Å². The lowest BCUT2D eigenvalue weighted by Crippen LogP contribution is -1.98. The highest BCUT2D eigenvalue weighted by Crippen LogP contribution is 2.29. The predicted molar refractivity (Wildman–Crippen MR) is 80.7 cm³/mol. The Morgan fingerprint density at radius 3 is 2.79 bits per heavy atom. The molecule has 1 aromatic carbocycles. The third-order valence-corrected chi connectivity index (χ3v) is 3.53. The van der Waals surface area contributed by atoms with Gasteiger partial charge >= 0.3 is 0 Å². The number of nitrogens with zero attached hydrogens (tertiary/aromatic N) is 1. The molecule has 0 saturated heterocycles. The molecule has 5 heteroatoms. The van der Waals surface area contributed by atoms with E-state index in [9.17, 15) is 0 Å². The average Bonchev–Trinajstić information content (AvgIpc) is 2.86. The second-order valence-electron chi connectivity index (χ2n) is 4.47. The van der Waals surface area contributed by atoms with E-state index in [0.29, 0.717) is 10.0 Å². The third-order valence-electron chi connectivity index (χ3n) is 2.96. The number of H-pyrrole nitrogens is 1. The predicted octanol–water partition coefficient (Wildman–Crippen LogP) is 4.06. The topological polar surface area (TPSA) is 54.7 Å². The van der Waals surface area contributed by atoms with Crippen LogP contribution in [-0.4, -0.2) is 16.5 Å². The van der Waals surface area contributed by atoms with Crippen LogP contribution in [0.1, 0.15) is 25.1 Å². The molecule has 1 heterocycles. The molecule has 3 N–H and O–H groups in total. The summed E-state index contributed by atoms with van der Waals surface area (Å²) in [6, 6.07) is 5.41. The van der Waals surface area contributed by atoms with Gasteiger partial charge in [-0.2, -0.15) is 0 Å². The number of aromatic amines is 1. The van der Waals surface area contributed by atoms with Crippen molar-refractivity contribution in [3.05, 3.63) is 40.3 Å². The fourth-order valence-corrected chi connectivity index (χ4v) is 2.34. The van der Waals surface area contributed by atoms with Crippen LogP contribution in [0.15, 0.2) is 24.4 Å². The lowest BCUT2D eigenvalue weighted by molar-refractivity contribution is 0.673. The van der Waals surface area contributed by atoms with E-state index in [1.807, 2.05) is 6.07 Å². The Labute approximate surface area is 123 Å². The molecule has 102 valence electrons. The zero-order valence-electron chi connectivity index (χ0n) is 10.6. The molecule has 2 rings (SSSR count). The smallest absolute Gasteiger partial charge is 0.106 e. The van der Waals surface area contributed by atoms with E-state index >= 15 is 0 Å². The molecule has 3 nitrogen and oxygen atoms in total. The van der Waals surface area contributed by atoms with Gasteiger partial charge in [-0.1, -0.05) is 29.6 Å². The minimum Gasteiger partial charge on any atom is -0.342 e. The number of aryl methyl sites for hydroxylation is 1. The van der Waals surface area contributed by atoms with Crippen molar-refractivity contribution in [2.45, 2.75) is 25.7 Å². The van der Waals surface area contributed by atoms with Gasteiger partial charge in [-0.3, -0.25) is 0 Å². The molecule has 0 spiro atoms. The molecule has 0 aliphatic carbocycles. The maximum Gasteiger partial charge on any atom is 0.106 e. The molecule has 0 saturated carbocycles. The minimum absolute atomic E-state index is 0.665. The number of hydrogen-bond donors (Lipinski definition) is 2. The van der Waals surface area contributed by atoms with Crippen LogP contribution in [0.3, 0.4) is 0 Å². The summed E-state index contributed by atoms with van der Waals surface area (Å²) in [5.41, 5.74) is 7.26. The summed E-state index contributed by atoms with van der Waals surface area (Å²) < 4.78 is 0. The van der Waals surface area contributed by atoms with E-state index in [0.717, 1.165) is 49.3 Å². The van der Waals surface area contributed by atoms with E-state index < -0.39 is 0 Å². The minimum atomic E-state index is 0.665. The zero-order valence-corrected chi connectivity index (χ0v) is 12.1. The molecule has 0 atom stereocenters. The van der Waals surface area contributed by atoms with Gasteiger partial charge in [-0.05, 0) is 37.6 Å². The second-order valence-corrected chi connectivity index (χ2v) is 5.31. The fourth-order valence-electron chi connectivity index (χ4n) is 1.94. The highest BCUT2D eigenvalue weighted by molar-refractivity contribution is 6.35. The van der Waals surface area contributed by atoms with Crippen molar-refractivity contribution in [3.63, 3.8) is 0 Å². The standard InChI is InChI=1S/C14H17Cl2N3/c15-10-5-6-12(16)11(8-10)13-9-18-14(19-13)4-2-1-3-7-17/h5-6,8-9H,1-4,7,17H2,(H,18,19). The van der Waals surface area contributed by atoms with Gasteiger partial charge in [0.05, 0.1) is 16.9 Å². The number of benzene rings is 1. The van der Waals surface area contributed by atoms with Crippen molar-refractivity contribution < 1.29 is 0 Å². The Kier molecular flexibility index (Phi) is 5.25. The number of nitrogens with two attached hydrogens (primary N) is 1. The average molecular weight is 298 g/mol. The molecule has 0 unspecified atom stereocenters. The zero-order chi connectivity index (χ0) is 13.7. The van der Waals surface area contributed by atoms with E-state index in [2.05, 4.69) is 9.97 Å². The maximum absolute atomic E-state index is 6.17. The second kappa shape index (κ2) is 6.94. The first-order valence-corrected chi connectivity index (χ1v) is 7.15. The molecular weight excluding hydrogens is 281 g/mol. The summed E-state index contributed by atoms with van der Waals surface area (Å²) in [5, 5.41) is 1.33. The van der Waals surface area contributed by atoms with Crippen molar-refractivity contribution in [2.75, 3.05) is 6.54 Å². The van der Waals surface area contributed by atoms with E-state index in [4.69, 9.17) is 28.9 Å². The normalized spacial score (nSPS) is 10.9. The Morgan fingerprint density at radius 2 is 2.00 bits per heavy atom. The Bertz CT molecular complexity index is 537. The van der Waals surface area contributed by atoms with E-state index in [1.165, 1.54) is 0 Å².